The standard InChI is InChI=1S/C16H26O/c1-10-9-12(15(3,4)5)14(17)13(11(10)2)16(6,7)8/h9,17H,1-8H3. The Morgan fingerprint density at radius 1 is 0.882 bits per heavy atom. The molecule has 0 aromatic heterocycles. The number of aryl methyl sites for hydroxylation is 1. The Kier molecular flexibility index (Phi) is 3.35. The lowest BCUT2D eigenvalue weighted by molar-refractivity contribution is 0.421. The molecule has 17 heavy (non-hydrogen) atoms. The molecule has 0 amide bonds. The number of hydrogen-bond acceptors (Lipinski definition) is 1. The highest BCUT2D eigenvalue weighted by atomic mass is 16.3. The molecule has 0 aliphatic carbocycles. The maximum Gasteiger partial charge on any atom is 0.123 e. The third kappa shape index (κ3) is 2.65. The Bertz CT molecular complexity index is 428. The van der Waals surface area contributed by atoms with Gasteiger partial charge in [0.25, 0.3) is 0 Å². The second kappa shape index (κ2) is 4.04. The van der Waals surface area contributed by atoms with Crippen molar-refractivity contribution in [2.75, 3.05) is 0 Å². The number of hydrogen-bond donors (Lipinski definition) is 1. The summed E-state index contributed by atoms with van der Waals surface area (Å²) >= 11 is 0. The fourth-order valence-corrected chi connectivity index (χ4v) is 2.39. The van der Waals surface area contributed by atoms with E-state index < -0.39 is 0 Å². The van der Waals surface area contributed by atoms with E-state index in [-0.39, 0.29) is 10.8 Å². The first kappa shape index (κ1) is 14.1. The summed E-state index contributed by atoms with van der Waals surface area (Å²) in [5, 5.41) is 10.6. The van der Waals surface area contributed by atoms with E-state index in [0.717, 1.165) is 11.1 Å². The minimum atomic E-state index is -0.0276. The van der Waals surface area contributed by atoms with Crippen LogP contribution >= 0.6 is 0 Å². The van der Waals surface area contributed by atoms with Gasteiger partial charge in [-0.25, -0.2) is 0 Å². The van der Waals surface area contributed by atoms with E-state index in [1.165, 1.54) is 11.1 Å². The van der Waals surface area contributed by atoms with Crippen molar-refractivity contribution < 1.29 is 5.11 Å². The normalized spacial score (nSPS) is 12.9. The first-order valence-corrected chi connectivity index (χ1v) is 6.30. The van der Waals surface area contributed by atoms with Crippen molar-refractivity contribution in [2.45, 2.75) is 66.2 Å². The minimum absolute atomic E-state index is 0.0253. The maximum atomic E-state index is 10.6. The molecule has 0 unspecified atom stereocenters. The van der Waals surface area contributed by atoms with Gasteiger partial charge in [-0.15, -0.1) is 0 Å². The van der Waals surface area contributed by atoms with Crippen LogP contribution in [0, 0.1) is 13.8 Å². The predicted molar refractivity (Wildman–Crippen MR) is 75.0 cm³/mol. The highest BCUT2D eigenvalue weighted by molar-refractivity contribution is 5.54. The first-order chi connectivity index (χ1) is 7.46. The molecule has 96 valence electrons. The molecule has 0 bridgehead atoms. The van der Waals surface area contributed by atoms with Crippen LogP contribution in [0.25, 0.3) is 0 Å². The molecule has 0 saturated heterocycles. The lowest BCUT2D eigenvalue weighted by atomic mass is 9.76. The Labute approximate surface area is 106 Å². The van der Waals surface area contributed by atoms with E-state index in [1.54, 1.807) is 0 Å². The minimum Gasteiger partial charge on any atom is -0.507 e. The van der Waals surface area contributed by atoms with Crippen LogP contribution in [0.5, 0.6) is 5.75 Å². The van der Waals surface area contributed by atoms with Gasteiger partial charge >= 0.3 is 0 Å². The summed E-state index contributed by atoms with van der Waals surface area (Å²) in [5.74, 6) is 0.480. The number of aromatic hydroxyl groups is 1. The molecule has 0 aliphatic heterocycles. The summed E-state index contributed by atoms with van der Waals surface area (Å²) in [6.07, 6.45) is 0. The first-order valence-electron chi connectivity index (χ1n) is 6.30. The molecular weight excluding hydrogens is 208 g/mol. The van der Waals surface area contributed by atoms with Gasteiger partial charge in [0.2, 0.25) is 0 Å². The largest absolute Gasteiger partial charge is 0.507 e. The molecule has 1 aromatic rings. The molecular formula is C16H26O. The molecule has 1 N–H and O–H groups in total. The second-order valence-corrected chi connectivity index (χ2v) is 7.09. The Morgan fingerprint density at radius 2 is 1.35 bits per heavy atom. The van der Waals surface area contributed by atoms with E-state index in [1.807, 2.05) is 0 Å². The van der Waals surface area contributed by atoms with E-state index >= 15 is 0 Å². The quantitative estimate of drug-likeness (QED) is 0.695. The monoisotopic (exact) mass is 234 g/mol. The predicted octanol–water partition coefficient (Wildman–Crippen LogP) is 4.60. The topological polar surface area (TPSA) is 20.2 Å². The van der Waals surface area contributed by atoms with E-state index in [4.69, 9.17) is 0 Å². The third-order valence-corrected chi connectivity index (χ3v) is 3.38. The number of phenols is 1. The third-order valence-electron chi connectivity index (χ3n) is 3.38. The van der Waals surface area contributed by atoms with Crippen molar-refractivity contribution in [3.63, 3.8) is 0 Å². The zero-order chi connectivity index (χ0) is 13.6. The Morgan fingerprint density at radius 3 is 1.71 bits per heavy atom. The molecule has 1 aromatic carbocycles. The zero-order valence-electron chi connectivity index (χ0n) is 12.5. The van der Waals surface area contributed by atoms with Gasteiger partial charge in [0.05, 0.1) is 0 Å². The van der Waals surface area contributed by atoms with Crippen molar-refractivity contribution in [3.05, 3.63) is 28.3 Å². The van der Waals surface area contributed by atoms with Crippen molar-refractivity contribution in [3.8, 4) is 5.75 Å². The van der Waals surface area contributed by atoms with Gasteiger partial charge in [0.1, 0.15) is 5.75 Å². The summed E-state index contributed by atoms with van der Waals surface area (Å²) in [7, 11) is 0. The molecule has 0 heterocycles. The van der Waals surface area contributed by atoms with Gasteiger partial charge in [-0.3, -0.25) is 0 Å². The highest BCUT2D eigenvalue weighted by Crippen LogP contribution is 2.41. The van der Waals surface area contributed by atoms with E-state index in [0.29, 0.717) is 5.75 Å². The molecule has 1 rings (SSSR count). The van der Waals surface area contributed by atoms with Crippen molar-refractivity contribution >= 4 is 0 Å². The van der Waals surface area contributed by atoms with Crippen LogP contribution in [0.1, 0.15) is 63.8 Å². The highest BCUT2D eigenvalue weighted by Gasteiger charge is 2.27. The molecule has 0 atom stereocenters. The fourth-order valence-electron chi connectivity index (χ4n) is 2.39. The second-order valence-electron chi connectivity index (χ2n) is 7.09. The molecule has 0 spiro atoms. The van der Waals surface area contributed by atoms with E-state index in [2.05, 4.69) is 61.5 Å². The van der Waals surface area contributed by atoms with Crippen molar-refractivity contribution in [1.82, 2.24) is 0 Å². The SMILES string of the molecule is Cc1cc(C(C)(C)C)c(O)c(C(C)(C)C)c1C. The van der Waals surface area contributed by atoms with Gasteiger partial charge in [-0.1, -0.05) is 47.6 Å². The summed E-state index contributed by atoms with van der Waals surface area (Å²) in [4.78, 5) is 0. The molecule has 1 nitrogen and oxygen atoms in total. The maximum absolute atomic E-state index is 10.6. The Balaban J connectivity index is 3.67. The van der Waals surface area contributed by atoms with Gasteiger partial charge in [0, 0.05) is 5.56 Å². The lowest BCUT2D eigenvalue weighted by Crippen LogP contribution is -2.19. The Hall–Kier alpha value is -0.980. The number of phenolic OH excluding ortho intramolecular Hbond substituents is 1. The van der Waals surface area contributed by atoms with Crippen LogP contribution < -0.4 is 0 Å². The van der Waals surface area contributed by atoms with Gasteiger partial charge < -0.3 is 5.11 Å². The molecule has 0 fully saturated rings. The van der Waals surface area contributed by atoms with Crippen LogP contribution in [0.15, 0.2) is 6.07 Å². The molecule has 0 aliphatic rings. The van der Waals surface area contributed by atoms with E-state index in [9.17, 15) is 5.11 Å². The fraction of sp³-hybridized carbons (Fsp3) is 0.625. The molecule has 0 radical (unpaired) electrons. The van der Waals surface area contributed by atoms with Crippen molar-refractivity contribution in [2.24, 2.45) is 0 Å². The van der Waals surface area contributed by atoms with Crippen LogP contribution in [-0.2, 0) is 10.8 Å². The summed E-state index contributed by atoms with van der Waals surface area (Å²) in [5.41, 5.74) is 4.55. The average Bonchev–Trinajstić information content (AvgIpc) is 2.07. The van der Waals surface area contributed by atoms with Gasteiger partial charge in [-0.2, -0.15) is 0 Å². The van der Waals surface area contributed by atoms with Gasteiger partial charge in [-0.05, 0) is 41.4 Å². The molecule has 1 heteroatoms. The lowest BCUT2D eigenvalue weighted by Gasteiger charge is -2.30. The number of benzene rings is 1. The summed E-state index contributed by atoms with van der Waals surface area (Å²) in [6, 6.07) is 2.12. The molecule has 0 saturated carbocycles. The van der Waals surface area contributed by atoms with Crippen LogP contribution in [-0.4, -0.2) is 5.11 Å². The van der Waals surface area contributed by atoms with Crippen LogP contribution in [0.3, 0.4) is 0 Å². The van der Waals surface area contributed by atoms with Crippen LogP contribution in [0.4, 0.5) is 0 Å². The number of rotatable bonds is 0. The van der Waals surface area contributed by atoms with Crippen molar-refractivity contribution in [1.29, 1.82) is 0 Å². The van der Waals surface area contributed by atoms with Crippen LogP contribution in [0.2, 0.25) is 0 Å². The van der Waals surface area contributed by atoms with Gasteiger partial charge in [0.15, 0.2) is 0 Å². The zero-order valence-corrected chi connectivity index (χ0v) is 12.5. The average molecular weight is 234 g/mol. The summed E-state index contributed by atoms with van der Waals surface area (Å²) < 4.78 is 0. The summed E-state index contributed by atoms with van der Waals surface area (Å²) in [6.45, 7) is 17.1. The smallest absolute Gasteiger partial charge is 0.123 e.